The van der Waals surface area contributed by atoms with Gasteiger partial charge in [0.2, 0.25) is 0 Å². The molecule has 2 aromatic heterocycles. The Labute approximate surface area is 242 Å². The summed E-state index contributed by atoms with van der Waals surface area (Å²) in [7, 11) is 0. The molecule has 0 spiro atoms. The van der Waals surface area contributed by atoms with Crippen molar-refractivity contribution in [2.75, 3.05) is 11.9 Å². The van der Waals surface area contributed by atoms with Gasteiger partial charge in [-0.15, -0.1) is 0 Å². The first kappa shape index (κ1) is 24.6. The van der Waals surface area contributed by atoms with E-state index in [1.165, 1.54) is 0 Å². The number of rotatable bonds is 5. The maximum Gasteiger partial charge on any atom is 0.138 e. The first-order valence-electron chi connectivity index (χ1n) is 13.4. The largest absolute Gasteiger partial charge is 0.380 e. The molecule has 0 atom stereocenters. The molecule has 4 nitrogen and oxygen atoms in total. The van der Waals surface area contributed by atoms with Crippen molar-refractivity contribution in [2.24, 2.45) is 0 Å². The molecule has 6 aromatic rings. The average Bonchev–Trinajstić information content (AvgIpc) is 3.36. The van der Waals surface area contributed by atoms with E-state index in [9.17, 15) is 0 Å². The summed E-state index contributed by atoms with van der Waals surface area (Å²) >= 11 is 3.69. The van der Waals surface area contributed by atoms with Crippen LogP contribution in [-0.4, -0.2) is 21.3 Å². The molecule has 0 saturated heterocycles. The predicted molar refractivity (Wildman–Crippen MR) is 168 cm³/mol. The Morgan fingerprint density at radius 2 is 1.38 bits per heavy atom. The lowest BCUT2D eigenvalue weighted by atomic mass is 9.77. The van der Waals surface area contributed by atoms with Gasteiger partial charge in [0.25, 0.3) is 0 Å². The molecule has 0 radical (unpaired) electrons. The summed E-state index contributed by atoms with van der Waals surface area (Å²) in [5, 5.41) is 10.2. The molecule has 0 fully saturated rings. The van der Waals surface area contributed by atoms with Crippen LogP contribution in [0.2, 0.25) is 0 Å². The molecule has 7 rings (SSSR count). The molecule has 0 unspecified atom stereocenters. The lowest BCUT2D eigenvalue weighted by molar-refractivity contribution is 0.477. The second-order valence-electron chi connectivity index (χ2n) is 10.2. The van der Waals surface area contributed by atoms with Crippen LogP contribution in [0.5, 0.6) is 0 Å². The number of fused-ring (bicyclic) bond motifs is 2. The van der Waals surface area contributed by atoms with Gasteiger partial charge < -0.3 is 5.32 Å². The van der Waals surface area contributed by atoms with E-state index in [2.05, 4.69) is 152 Å². The number of aryl methyl sites for hydroxylation is 1. The van der Waals surface area contributed by atoms with Crippen LogP contribution in [0, 0.1) is 6.92 Å². The third kappa shape index (κ3) is 3.97. The van der Waals surface area contributed by atoms with Gasteiger partial charge >= 0.3 is 0 Å². The van der Waals surface area contributed by atoms with Gasteiger partial charge in [0.15, 0.2) is 0 Å². The number of anilines is 1. The number of hydrogen-bond donors (Lipinski definition) is 1. The normalized spacial score (nSPS) is 13.0. The minimum atomic E-state index is -0.721. The number of benzene rings is 4. The van der Waals surface area contributed by atoms with E-state index in [1.54, 1.807) is 0 Å². The van der Waals surface area contributed by atoms with Gasteiger partial charge in [0, 0.05) is 39.6 Å². The topological polar surface area (TPSA) is 42.7 Å². The Balaban J connectivity index is 1.66. The van der Waals surface area contributed by atoms with Crippen LogP contribution < -0.4 is 5.32 Å². The predicted octanol–water partition coefficient (Wildman–Crippen LogP) is 8.41. The SMILES string of the molecule is Cc1cc(-c2nn(C(c3ccccc3)(c3ccccc3)c3ccccc3)c3cc4c(cc23)C=C(Br)CN4)ccn1. The Morgan fingerprint density at radius 3 is 1.95 bits per heavy atom. The van der Waals surface area contributed by atoms with Crippen LogP contribution in [0.15, 0.2) is 126 Å². The number of nitrogens with one attached hydrogen (secondary N) is 1. The minimum Gasteiger partial charge on any atom is -0.380 e. The fourth-order valence-electron chi connectivity index (χ4n) is 5.92. The van der Waals surface area contributed by atoms with E-state index in [0.717, 1.165) is 66.8 Å². The average molecular weight is 584 g/mol. The summed E-state index contributed by atoms with van der Waals surface area (Å²) in [6.07, 6.45) is 4.06. The molecule has 0 saturated carbocycles. The van der Waals surface area contributed by atoms with Crippen molar-refractivity contribution in [3.8, 4) is 11.3 Å². The zero-order valence-electron chi connectivity index (χ0n) is 22.1. The maximum absolute atomic E-state index is 5.52. The highest BCUT2D eigenvalue weighted by molar-refractivity contribution is 9.11. The molecular formula is C35H27BrN4. The third-order valence-electron chi connectivity index (χ3n) is 7.67. The standard InChI is InChI=1S/C35H27BrN4/c1-24-19-25(17-18-37-24)34-31-21-26-20-30(36)23-38-32(26)22-33(31)40(39-34)35(27-11-5-2-6-12-27,28-13-7-3-8-14-28)29-15-9-4-10-16-29/h2-22,38H,23H2,1H3. The lowest BCUT2D eigenvalue weighted by Gasteiger charge is -2.37. The first-order chi connectivity index (χ1) is 19.6. The van der Waals surface area contributed by atoms with Crippen LogP contribution >= 0.6 is 15.9 Å². The van der Waals surface area contributed by atoms with E-state index in [-0.39, 0.29) is 0 Å². The van der Waals surface area contributed by atoms with E-state index in [1.807, 2.05) is 13.1 Å². The number of pyridine rings is 1. The first-order valence-corrected chi connectivity index (χ1v) is 14.2. The minimum absolute atomic E-state index is 0.721. The fourth-order valence-corrected chi connectivity index (χ4v) is 6.30. The molecule has 1 N–H and O–H groups in total. The van der Waals surface area contributed by atoms with Gasteiger partial charge in [-0.25, -0.2) is 4.68 Å². The lowest BCUT2D eigenvalue weighted by Crippen LogP contribution is -2.38. The van der Waals surface area contributed by atoms with Gasteiger partial charge in [-0.1, -0.05) is 107 Å². The van der Waals surface area contributed by atoms with Crippen LogP contribution in [0.3, 0.4) is 0 Å². The molecule has 0 amide bonds. The van der Waals surface area contributed by atoms with Crippen molar-refractivity contribution >= 4 is 38.6 Å². The van der Waals surface area contributed by atoms with Crippen molar-refractivity contribution in [1.82, 2.24) is 14.8 Å². The van der Waals surface area contributed by atoms with E-state index in [0.29, 0.717) is 0 Å². The van der Waals surface area contributed by atoms with Gasteiger partial charge in [0.1, 0.15) is 11.2 Å². The third-order valence-corrected chi connectivity index (χ3v) is 8.18. The Morgan fingerprint density at radius 1 is 0.775 bits per heavy atom. The van der Waals surface area contributed by atoms with Crippen molar-refractivity contribution in [2.45, 2.75) is 12.5 Å². The second-order valence-corrected chi connectivity index (χ2v) is 11.2. The molecule has 5 heteroatoms. The summed E-state index contributed by atoms with van der Waals surface area (Å²) in [6.45, 7) is 2.78. The van der Waals surface area contributed by atoms with E-state index in [4.69, 9.17) is 5.10 Å². The number of halogens is 1. The van der Waals surface area contributed by atoms with Crippen molar-refractivity contribution in [3.05, 3.63) is 154 Å². The molecule has 0 bridgehead atoms. The molecule has 1 aliphatic heterocycles. The van der Waals surface area contributed by atoms with Crippen LogP contribution in [0.1, 0.15) is 27.9 Å². The number of hydrogen-bond acceptors (Lipinski definition) is 3. The monoisotopic (exact) mass is 582 g/mol. The van der Waals surface area contributed by atoms with Crippen LogP contribution in [0.25, 0.3) is 28.2 Å². The van der Waals surface area contributed by atoms with Gasteiger partial charge in [-0.05, 0) is 59.5 Å². The summed E-state index contributed by atoms with van der Waals surface area (Å²) < 4.78 is 3.36. The Kier molecular flexibility index (Phi) is 6.09. The molecule has 40 heavy (non-hydrogen) atoms. The molecular weight excluding hydrogens is 556 g/mol. The number of aromatic nitrogens is 3. The fraction of sp³-hybridized carbons (Fsp3) is 0.0857. The van der Waals surface area contributed by atoms with Crippen LogP contribution in [0.4, 0.5) is 5.69 Å². The highest BCUT2D eigenvalue weighted by atomic mass is 79.9. The zero-order chi connectivity index (χ0) is 27.1. The number of nitrogens with zero attached hydrogens (tertiary/aromatic N) is 3. The zero-order valence-corrected chi connectivity index (χ0v) is 23.6. The van der Waals surface area contributed by atoms with Gasteiger partial charge in [0.05, 0.1) is 5.52 Å². The van der Waals surface area contributed by atoms with Crippen molar-refractivity contribution in [1.29, 1.82) is 0 Å². The summed E-state index contributed by atoms with van der Waals surface area (Å²) in [5.41, 5.74) is 8.94. The van der Waals surface area contributed by atoms with E-state index >= 15 is 0 Å². The van der Waals surface area contributed by atoms with Crippen molar-refractivity contribution in [3.63, 3.8) is 0 Å². The maximum atomic E-state index is 5.52. The van der Waals surface area contributed by atoms with Gasteiger partial charge in [-0.2, -0.15) is 5.10 Å². The second kappa shape index (κ2) is 9.92. The highest BCUT2D eigenvalue weighted by Crippen LogP contribution is 2.45. The smallest absolute Gasteiger partial charge is 0.138 e. The quantitative estimate of drug-likeness (QED) is 0.207. The molecule has 194 valence electrons. The van der Waals surface area contributed by atoms with E-state index < -0.39 is 5.54 Å². The molecule has 3 heterocycles. The summed E-state index contributed by atoms with van der Waals surface area (Å²) in [6, 6.07) is 40.8. The Bertz CT molecular complexity index is 1760. The summed E-state index contributed by atoms with van der Waals surface area (Å²) in [4.78, 5) is 4.46. The van der Waals surface area contributed by atoms with Crippen LogP contribution in [-0.2, 0) is 5.54 Å². The molecule has 1 aliphatic rings. The summed E-state index contributed by atoms with van der Waals surface area (Å²) in [5.74, 6) is 0. The Hall–Kier alpha value is -4.48. The van der Waals surface area contributed by atoms with Crippen molar-refractivity contribution < 1.29 is 0 Å². The van der Waals surface area contributed by atoms with Gasteiger partial charge in [-0.3, -0.25) is 4.98 Å². The molecule has 4 aromatic carbocycles. The molecule has 0 aliphatic carbocycles. The highest BCUT2D eigenvalue weighted by Gasteiger charge is 2.41.